The van der Waals surface area contributed by atoms with Crippen LogP contribution < -0.4 is 10.2 Å². The molecule has 2 aromatic carbocycles. The predicted molar refractivity (Wildman–Crippen MR) is 141 cm³/mol. The Balaban J connectivity index is 1.23. The number of benzene rings is 2. The third-order valence-corrected chi connectivity index (χ3v) is 6.54. The minimum absolute atomic E-state index is 0.0501. The molecule has 0 spiro atoms. The number of hydrogen-bond donors (Lipinski definition) is 1. The van der Waals surface area contributed by atoms with E-state index in [1.54, 1.807) is 36.5 Å². The highest BCUT2D eigenvalue weighted by Crippen LogP contribution is 2.33. The van der Waals surface area contributed by atoms with Crippen LogP contribution in [0.15, 0.2) is 67.0 Å². The lowest BCUT2D eigenvalue weighted by atomic mass is 10.1. The first kappa shape index (κ1) is 25.4. The molecule has 4 aromatic rings. The van der Waals surface area contributed by atoms with Crippen molar-refractivity contribution in [2.24, 2.45) is 0 Å². The number of rotatable bonds is 6. The van der Waals surface area contributed by atoms with Crippen molar-refractivity contribution in [3.05, 3.63) is 83.8 Å². The fourth-order valence-electron chi connectivity index (χ4n) is 4.51. The number of anilines is 3. The van der Waals surface area contributed by atoms with Crippen molar-refractivity contribution >= 4 is 34.1 Å². The first-order valence-electron chi connectivity index (χ1n) is 12.5. The fourth-order valence-corrected chi connectivity index (χ4v) is 4.51. The van der Waals surface area contributed by atoms with E-state index >= 15 is 0 Å². The molecule has 1 amide bonds. The van der Waals surface area contributed by atoms with Gasteiger partial charge in [0.15, 0.2) is 0 Å². The summed E-state index contributed by atoms with van der Waals surface area (Å²) in [6.45, 7) is 4.58. The second-order valence-corrected chi connectivity index (χ2v) is 9.17. The average molecular weight is 521 g/mol. The summed E-state index contributed by atoms with van der Waals surface area (Å²) in [6, 6.07) is 14.2. The van der Waals surface area contributed by atoms with Gasteiger partial charge in [0.2, 0.25) is 5.95 Å². The lowest BCUT2D eigenvalue weighted by molar-refractivity contribution is -0.137. The number of hydrogen-bond acceptors (Lipinski definition) is 6. The van der Waals surface area contributed by atoms with E-state index in [9.17, 15) is 18.0 Å². The van der Waals surface area contributed by atoms with Gasteiger partial charge < -0.3 is 15.1 Å². The van der Waals surface area contributed by atoms with Gasteiger partial charge in [0.05, 0.1) is 11.1 Å². The van der Waals surface area contributed by atoms with Crippen molar-refractivity contribution in [1.82, 2.24) is 19.9 Å². The van der Waals surface area contributed by atoms with Gasteiger partial charge in [-0.15, -0.1) is 0 Å². The lowest BCUT2D eigenvalue weighted by Crippen LogP contribution is -2.49. The van der Waals surface area contributed by atoms with E-state index in [2.05, 4.69) is 32.1 Å². The highest BCUT2D eigenvalue weighted by molar-refractivity contribution is 5.96. The number of nitrogens with one attached hydrogen (secondary N) is 1. The second kappa shape index (κ2) is 10.6. The summed E-state index contributed by atoms with van der Waals surface area (Å²) in [5, 5.41) is 3.79. The van der Waals surface area contributed by atoms with E-state index in [1.807, 2.05) is 11.0 Å². The summed E-state index contributed by atoms with van der Waals surface area (Å²) in [4.78, 5) is 30.1. The lowest BCUT2D eigenvalue weighted by Gasteiger charge is -2.34. The highest BCUT2D eigenvalue weighted by atomic mass is 19.4. The Labute approximate surface area is 218 Å². The van der Waals surface area contributed by atoms with Gasteiger partial charge >= 0.3 is 6.18 Å². The standard InChI is InChI=1S/C28H27F3N6O/c1-2-3-21-10-12-33-27(35-21)37-16-14-36(15-17-37)26(38)19-4-7-22(8-5-19)34-24-11-13-32-25-18-20(28(29,30)31)6-9-23(24)25/h4-13,18H,2-3,14-17H2,1H3,(H,32,34). The summed E-state index contributed by atoms with van der Waals surface area (Å²) in [6.07, 6.45) is 0.758. The number of nitrogens with zero attached hydrogens (tertiary/aromatic N) is 5. The number of pyridine rings is 1. The number of aryl methyl sites for hydroxylation is 1. The number of piperazine rings is 1. The minimum atomic E-state index is -4.43. The largest absolute Gasteiger partial charge is 0.416 e. The van der Waals surface area contributed by atoms with Crippen molar-refractivity contribution in [1.29, 1.82) is 0 Å². The van der Waals surface area contributed by atoms with Crippen LogP contribution in [0, 0.1) is 0 Å². The van der Waals surface area contributed by atoms with Crippen molar-refractivity contribution in [2.45, 2.75) is 25.9 Å². The molecule has 0 aliphatic carbocycles. The van der Waals surface area contributed by atoms with Crippen LogP contribution in [0.25, 0.3) is 10.9 Å². The Kier molecular flexibility index (Phi) is 7.13. The van der Waals surface area contributed by atoms with Gasteiger partial charge in [-0.3, -0.25) is 9.78 Å². The molecule has 0 unspecified atom stereocenters. The van der Waals surface area contributed by atoms with Gasteiger partial charge in [0.1, 0.15) is 0 Å². The average Bonchev–Trinajstić information content (AvgIpc) is 2.93. The van der Waals surface area contributed by atoms with Crippen molar-refractivity contribution < 1.29 is 18.0 Å². The van der Waals surface area contributed by atoms with E-state index < -0.39 is 11.7 Å². The molecule has 3 heterocycles. The number of carbonyl (C=O) groups is 1. The van der Waals surface area contributed by atoms with Crippen molar-refractivity contribution in [3.8, 4) is 0 Å². The molecule has 38 heavy (non-hydrogen) atoms. The number of halogens is 3. The summed E-state index contributed by atoms with van der Waals surface area (Å²) < 4.78 is 39.2. The maximum absolute atomic E-state index is 13.1. The molecule has 7 nitrogen and oxygen atoms in total. The number of carbonyl (C=O) groups excluding carboxylic acids is 1. The van der Waals surface area contributed by atoms with Crippen LogP contribution in [0.3, 0.4) is 0 Å². The normalized spacial score (nSPS) is 14.1. The van der Waals surface area contributed by atoms with E-state index in [-0.39, 0.29) is 11.4 Å². The van der Waals surface area contributed by atoms with Crippen molar-refractivity contribution in [3.63, 3.8) is 0 Å². The topological polar surface area (TPSA) is 74.2 Å². The quantitative estimate of drug-likeness (QED) is 0.352. The second-order valence-electron chi connectivity index (χ2n) is 9.17. The predicted octanol–water partition coefficient (Wildman–Crippen LogP) is 5.70. The smallest absolute Gasteiger partial charge is 0.355 e. The molecule has 0 atom stereocenters. The molecule has 5 rings (SSSR count). The van der Waals surface area contributed by atoms with Gasteiger partial charge in [-0.05, 0) is 55.0 Å². The molecule has 0 saturated carbocycles. The molecule has 10 heteroatoms. The van der Waals surface area contributed by atoms with Gasteiger partial charge in [-0.2, -0.15) is 13.2 Å². The Bertz CT molecular complexity index is 1430. The summed E-state index contributed by atoms with van der Waals surface area (Å²) >= 11 is 0. The summed E-state index contributed by atoms with van der Waals surface area (Å²) in [7, 11) is 0. The van der Waals surface area contributed by atoms with Crippen LogP contribution in [0.1, 0.15) is 35.0 Å². The number of amides is 1. The Morgan fingerprint density at radius 2 is 1.68 bits per heavy atom. The molecular weight excluding hydrogens is 493 g/mol. The molecule has 1 N–H and O–H groups in total. The number of fused-ring (bicyclic) bond motifs is 1. The van der Waals surface area contributed by atoms with Crippen LogP contribution in [-0.2, 0) is 12.6 Å². The zero-order valence-corrected chi connectivity index (χ0v) is 20.9. The van der Waals surface area contributed by atoms with Crippen LogP contribution in [0.5, 0.6) is 0 Å². The minimum Gasteiger partial charge on any atom is -0.355 e. The maximum atomic E-state index is 13.1. The van der Waals surface area contributed by atoms with E-state index in [4.69, 9.17) is 0 Å². The number of aromatic nitrogens is 3. The van der Waals surface area contributed by atoms with Crippen LogP contribution in [-0.4, -0.2) is 51.9 Å². The van der Waals surface area contributed by atoms with E-state index in [0.717, 1.165) is 30.7 Å². The maximum Gasteiger partial charge on any atom is 0.416 e. The van der Waals surface area contributed by atoms with Crippen molar-refractivity contribution in [2.75, 3.05) is 36.4 Å². The molecule has 0 bridgehead atoms. The SMILES string of the molecule is CCCc1ccnc(N2CCN(C(=O)c3ccc(Nc4ccnc5cc(C(F)(F)F)ccc45)cc3)CC2)n1. The molecule has 1 aliphatic heterocycles. The van der Waals surface area contributed by atoms with Crippen LogP contribution in [0.4, 0.5) is 30.5 Å². The Hall–Kier alpha value is -4.21. The van der Waals surface area contributed by atoms with E-state index in [0.29, 0.717) is 54.5 Å². The zero-order valence-electron chi connectivity index (χ0n) is 20.9. The highest BCUT2D eigenvalue weighted by Gasteiger charge is 2.30. The van der Waals surface area contributed by atoms with E-state index in [1.165, 1.54) is 12.3 Å². The molecule has 1 saturated heterocycles. The fraction of sp³-hybridized carbons (Fsp3) is 0.286. The Morgan fingerprint density at radius 1 is 0.947 bits per heavy atom. The van der Waals surface area contributed by atoms with Gasteiger partial charge in [-0.1, -0.05) is 19.4 Å². The monoisotopic (exact) mass is 520 g/mol. The summed E-state index contributed by atoms with van der Waals surface area (Å²) in [5.74, 6) is 0.655. The molecule has 1 fully saturated rings. The molecule has 2 aromatic heterocycles. The molecule has 1 aliphatic rings. The molecule has 0 radical (unpaired) electrons. The summed E-state index contributed by atoms with van der Waals surface area (Å²) in [5.41, 5.74) is 2.44. The van der Waals surface area contributed by atoms with Crippen LogP contribution >= 0.6 is 0 Å². The zero-order chi connectivity index (χ0) is 26.7. The number of alkyl halides is 3. The van der Waals surface area contributed by atoms with Crippen LogP contribution in [0.2, 0.25) is 0 Å². The Morgan fingerprint density at radius 3 is 2.39 bits per heavy atom. The first-order chi connectivity index (χ1) is 18.3. The third kappa shape index (κ3) is 5.53. The van der Waals surface area contributed by atoms with Gasteiger partial charge in [0.25, 0.3) is 5.91 Å². The van der Waals surface area contributed by atoms with Gasteiger partial charge in [-0.25, -0.2) is 9.97 Å². The van der Waals surface area contributed by atoms with Gasteiger partial charge in [0, 0.05) is 66.6 Å². The molecular formula is C28H27F3N6O. The third-order valence-electron chi connectivity index (χ3n) is 6.54. The first-order valence-corrected chi connectivity index (χ1v) is 12.5. The molecule has 196 valence electrons.